The Morgan fingerprint density at radius 1 is 1.21 bits per heavy atom. The smallest absolute Gasteiger partial charge is 0.227 e. The van der Waals surface area contributed by atoms with Gasteiger partial charge < -0.3 is 14.8 Å². The molecule has 6 nitrogen and oxygen atoms in total. The molecule has 128 valence electrons. The van der Waals surface area contributed by atoms with Gasteiger partial charge in [0, 0.05) is 37.3 Å². The molecule has 1 aliphatic heterocycles. The van der Waals surface area contributed by atoms with Crippen LogP contribution < -0.4 is 5.32 Å². The molecule has 0 atom stereocenters. The second-order valence-electron chi connectivity index (χ2n) is 5.94. The van der Waals surface area contributed by atoms with Gasteiger partial charge in [0.25, 0.3) is 0 Å². The molecule has 1 saturated heterocycles. The predicted molar refractivity (Wildman–Crippen MR) is 97.1 cm³/mol. The average molecular weight is 345 g/mol. The Hall–Kier alpha value is -2.02. The summed E-state index contributed by atoms with van der Waals surface area (Å²) in [6.45, 7) is 4.31. The van der Waals surface area contributed by atoms with Crippen molar-refractivity contribution in [1.82, 2.24) is 19.7 Å². The molecule has 0 spiro atoms. The van der Waals surface area contributed by atoms with Crippen LogP contribution in [0.1, 0.15) is 17.2 Å². The van der Waals surface area contributed by atoms with Gasteiger partial charge in [-0.2, -0.15) is 11.8 Å². The van der Waals surface area contributed by atoms with Crippen molar-refractivity contribution >= 4 is 23.4 Å². The first-order chi connectivity index (χ1) is 11.6. The van der Waals surface area contributed by atoms with E-state index in [1.165, 1.54) is 0 Å². The standard InChI is InChI=1S/C17H23N5OS/c1-13-19-20-16(21(13)2)12-18-15-5-3-14(4-6-15)11-17(23)22-7-9-24-10-8-22/h3-6,18H,7-12H2,1-2H3. The van der Waals surface area contributed by atoms with E-state index in [1.54, 1.807) is 0 Å². The summed E-state index contributed by atoms with van der Waals surface area (Å²) in [6.07, 6.45) is 0.480. The average Bonchev–Trinajstić information content (AvgIpc) is 2.94. The summed E-state index contributed by atoms with van der Waals surface area (Å²) in [5.74, 6) is 4.13. The number of aromatic nitrogens is 3. The Kier molecular flexibility index (Phi) is 5.40. The summed E-state index contributed by atoms with van der Waals surface area (Å²) in [6, 6.07) is 8.05. The highest BCUT2D eigenvalue weighted by Crippen LogP contribution is 2.14. The molecule has 1 amide bonds. The molecule has 0 radical (unpaired) electrons. The summed E-state index contributed by atoms with van der Waals surface area (Å²) in [5.41, 5.74) is 2.07. The second-order valence-corrected chi connectivity index (χ2v) is 7.17. The molecule has 2 heterocycles. The van der Waals surface area contributed by atoms with Crippen LogP contribution in [0.5, 0.6) is 0 Å². The summed E-state index contributed by atoms with van der Waals surface area (Å²) in [4.78, 5) is 14.3. The van der Waals surface area contributed by atoms with Crippen LogP contribution in [0.4, 0.5) is 5.69 Å². The van der Waals surface area contributed by atoms with E-state index in [2.05, 4.69) is 15.5 Å². The summed E-state index contributed by atoms with van der Waals surface area (Å²) in [7, 11) is 1.96. The molecule has 1 aromatic carbocycles. The van der Waals surface area contributed by atoms with Gasteiger partial charge >= 0.3 is 0 Å². The molecular formula is C17H23N5OS. The highest BCUT2D eigenvalue weighted by molar-refractivity contribution is 7.99. The topological polar surface area (TPSA) is 63.1 Å². The van der Waals surface area contributed by atoms with Crippen LogP contribution in [0.2, 0.25) is 0 Å². The molecule has 0 bridgehead atoms. The van der Waals surface area contributed by atoms with E-state index >= 15 is 0 Å². The zero-order chi connectivity index (χ0) is 16.9. The normalized spacial score (nSPS) is 14.7. The van der Waals surface area contributed by atoms with Gasteiger partial charge in [0.15, 0.2) is 5.82 Å². The Labute approximate surface area is 146 Å². The van der Waals surface area contributed by atoms with Crippen LogP contribution in [0.3, 0.4) is 0 Å². The molecule has 1 N–H and O–H groups in total. The Balaban J connectivity index is 1.53. The highest BCUT2D eigenvalue weighted by Gasteiger charge is 2.16. The third kappa shape index (κ3) is 4.08. The summed E-state index contributed by atoms with van der Waals surface area (Å²) < 4.78 is 1.97. The van der Waals surface area contributed by atoms with Gasteiger partial charge in [0.2, 0.25) is 5.91 Å². The lowest BCUT2D eigenvalue weighted by atomic mass is 10.1. The number of carbonyl (C=O) groups excluding carboxylic acids is 1. The largest absolute Gasteiger partial charge is 0.378 e. The van der Waals surface area contributed by atoms with Crippen molar-refractivity contribution in [2.45, 2.75) is 19.9 Å². The Morgan fingerprint density at radius 2 is 1.92 bits per heavy atom. The minimum atomic E-state index is 0.227. The van der Waals surface area contributed by atoms with Gasteiger partial charge in [0.05, 0.1) is 13.0 Å². The molecule has 3 rings (SSSR count). The maximum atomic E-state index is 12.3. The van der Waals surface area contributed by atoms with Gasteiger partial charge in [-0.3, -0.25) is 4.79 Å². The number of nitrogens with one attached hydrogen (secondary N) is 1. The van der Waals surface area contributed by atoms with Crippen LogP contribution in [0.15, 0.2) is 24.3 Å². The van der Waals surface area contributed by atoms with Crippen LogP contribution >= 0.6 is 11.8 Å². The number of thioether (sulfide) groups is 1. The SMILES string of the molecule is Cc1nnc(CNc2ccc(CC(=O)N3CCSCC3)cc2)n1C. The number of nitrogens with zero attached hydrogens (tertiary/aromatic N) is 4. The Morgan fingerprint density at radius 3 is 2.54 bits per heavy atom. The number of hydrogen-bond donors (Lipinski definition) is 1. The molecule has 7 heteroatoms. The van der Waals surface area contributed by atoms with Gasteiger partial charge in [-0.1, -0.05) is 12.1 Å². The van der Waals surface area contributed by atoms with E-state index in [4.69, 9.17) is 0 Å². The van der Waals surface area contributed by atoms with Crippen molar-refractivity contribution in [1.29, 1.82) is 0 Å². The highest BCUT2D eigenvalue weighted by atomic mass is 32.2. The number of amides is 1. The van der Waals surface area contributed by atoms with Gasteiger partial charge in [-0.25, -0.2) is 0 Å². The van der Waals surface area contributed by atoms with Crippen LogP contribution in [0, 0.1) is 6.92 Å². The predicted octanol–water partition coefficient (Wildman–Crippen LogP) is 1.85. The molecule has 0 saturated carbocycles. The number of aryl methyl sites for hydroxylation is 1. The molecule has 0 unspecified atom stereocenters. The van der Waals surface area contributed by atoms with E-state index in [9.17, 15) is 4.79 Å². The first kappa shape index (κ1) is 16.8. The van der Waals surface area contributed by atoms with Crippen molar-refractivity contribution in [3.63, 3.8) is 0 Å². The van der Waals surface area contributed by atoms with E-state index in [0.29, 0.717) is 13.0 Å². The van der Waals surface area contributed by atoms with Crippen LogP contribution in [0.25, 0.3) is 0 Å². The zero-order valence-corrected chi connectivity index (χ0v) is 15.0. The lowest BCUT2D eigenvalue weighted by Gasteiger charge is -2.26. The second kappa shape index (κ2) is 7.70. The van der Waals surface area contributed by atoms with E-state index in [1.807, 2.05) is 59.5 Å². The first-order valence-electron chi connectivity index (χ1n) is 8.16. The van der Waals surface area contributed by atoms with Crippen LogP contribution in [-0.2, 0) is 24.8 Å². The van der Waals surface area contributed by atoms with E-state index in [0.717, 1.165) is 47.5 Å². The molecule has 1 aliphatic rings. The van der Waals surface area contributed by atoms with E-state index in [-0.39, 0.29) is 5.91 Å². The molecule has 24 heavy (non-hydrogen) atoms. The van der Waals surface area contributed by atoms with Gasteiger partial charge in [-0.15, -0.1) is 10.2 Å². The third-order valence-corrected chi connectivity index (χ3v) is 5.25. The van der Waals surface area contributed by atoms with Crippen molar-refractivity contribution in [3.8, 4) is 0 Å². The minimum Gasteiger partial charge on any atom is -0.378 e. The maximum absolute atomic E-state index is 12.3. The first-order valence-corrected chi connectivity index (χ1v) is 9.32. The fourth-order valence-corrected chi connectivity index (χ4v) is 3.53. The molecule has 1 fully saturated rings. The lowest BCUT2D eigenvalue weighted by Crippen LogP contribution is -2.38. The molecule has 2 aromatic rings. The molecular weight excluding hydrogens is 322 g/mol. The third-order valence-electron chi connectivity index (χ3n) is 4.31. The van der Waals surface area contributed by atoms with Crippen LogP contribution in [-0.4, -0.2) is 50.2 Å². The molecule has 1 aromatic heterocycles. The lowest BCUT2D eigenvalue weighted by molar-refractivity contribution is -0.130. The number of carbonyl (C=O) groups is 1. The monoisotopic (exact) mass is 345 g/mol. The van der Waals surface area contributed by atoms with Crippen molar-refractivity contribution in [3.05, 3.63) is 41.5 Å². The number of benzene rings is 1. The van der Waals surface area contributed by atoms with Crippen molar-refractivity contribution in [2.75, 3.05) is 29.9 Å². The maximum Gasteiger partial charge on any atom is 0.227 e. The minimum absolute atomic E-state index is 0.227. The number of anilines is 1. The summed E-state index contributed by atoms with van der Waals surface area (Å²) >= 11 is 1.92. The quantitative estimate of drug-likeness (QED) is 0.896. The van der Waals surface area contributed by atoms with Gasteiger partial charge in [0.1, 0.15) is 5.82 Å². The fourth-order valence-electron chi connectivity index (χ4n) is 2.63. The zero-order valence-electron chi connectivity index (χ0n) is 14.2. The van der Waals surface area contributed by atoms with E-state index < -0.39 is 0 Å². The van der Waals surface area contributed by atoms with Crippen molar-refractivity contribution in [2.24, 2.45) is 7.05 Å². The number of hydrogen-bond acceptors (Lipinski definition) is 5. The number of rotatable bonds is 5. The summed E-state index contributed by atoms with van der Waals surface area (Å²) in [5, 5.41) is 11.5. The molecule has 0 aliphatic carbocycles. The van der Waals surface area contributed by atoms with Gasteiger partial charge in [-0.05, 0) is 24.6 Å². The van der Waals surface area contributed by atoms with Crippen molar-refractivity contribution < 1.29 is 4.79 Å². The fraction of sp³-hybridized carbons (Fsp3) is 0.471. The Bertz CT molecular complexity index is 692.